The van der Waals surface area contributed by atoms with E-state index in [-0.39, 0.29) is 5.56 Å². The smallest absolute Gasteiger partial charge is 0.335 e. The number of aromatic carboxylic acids is 1. The average molecular weight is 266 g/mol. The van der Waals surface area contributed by atoms with E-state index in [4.69, 9.17) is 5.11 Å². The number of benzene rings is 2. The highest BCUT2D eigenvalue weighted by atomic mass is 16.4. The molecule has 0 amide bonds. The zero-order valence-electron chi connectivity index (χ0n) is 10.3. The summed E-state index contributed by atoms with van der Waals surface area (Å²) in [5.74, 6) is -0.422. The van der Waals surface area contributed by atoms with Gasteiger partial charge >= 0.3 is 5.97 Å². The molecular weight excluding hydrogens is 256 g/mol. The van der Waals surface area contributed by atoms with E-state index in [9.17, 15) is 4.79 Å². The second-order valence-electron chi connectivity index (χ2n) is 4.14. The van der Waals surface area contributed by atoms with Crippen molar-refractivity contribution in [2.24, 2.45) is 0 Å². The summed E-state index contributed by atoms with van der Waals surface area (Å²) >= 11 is 0. The molecule has 0 aliphatic rings. The fourth-order valence-electron chi connectivity index (χ4n) is 1.90. The van der Waals surface area contributed by atoms with Gasteiger partial charge in [-0.15, -0.1) is 5.10 Å². The molecule has 1 N–H and O–H groups in total. The van der Waals surface area contributed by atoms with Gasteiger partial charge in [0.05, 0.1) is 11.3 Å². The van der Waals surface area contributed by atoms with Crippen LogP contribution in [0.5, 0.6) is 0 Å². The quantitative estimate of drug-likeness (QED) is 0.784. The third kappa shape index (κ3) is 2.14. The van der Waals surface area contributed by atoms with Gasteiger partial charge in [0, 0.05) is 5.56 Å². The molecule has 98 valence electrons. The number of hydrogen-bond acceptors (Lipinski definition) is 4. The van der Waals surface area contributed by atoms with E-state index in [1.807, 2.05) is 30.3 Å². The van der Waals surface area contributed by atoms with Crippen molar-refractivity contribution in [2.45, 2.75) is 0 Å². The van der Waals surface area contributed by atoms with Crippen molar-refractivity contribution in [3.8, 4) is 17.1 Å². The van der Waals surface area contributed by atoms with Gasteiger partial charge in [-0.25, -0.2) is 4.79 Å². The Bertz CT molecular complexity index is 753. The first-order valence-electron chi connectivity index (χ1n) is 5.93. The van der Waals surface area contributed by atoms with Crippen LogP contribution in [0.15, 0.2) is 54.6 Å². The minimum atomic E-state index is -0.985. The van der Waals surface area contributed by atoms with Crippen molar-refractivity contribution in [3.63, 3.8) is 0 Å². The Morgan fingerprint density at radius 1 is 1.05 bits per heavy atom. The van der Waals surface area contributed by atoms with Gasteiger partial charge < -0.3 is 5.11 Å². The summed E-state index contributed by atoms with van der Waals surface area (Å²) in [5.41, 5.74) is 1.66. The fourth-order valence-corrected chi connectivity index (χ4v) is 1.90. The predicted molar refractivity (Wildman–Crippen MR) is 71.5 cm³/mol. The van der Waals surface area contributed by atoms with Crippen LogP contribution in [0.2, 0.25) is 0 Å². The van der Waals surface area contributed by atoms with Crippen molar-refractivity contribution in [1.29, 1.82) is 0 Å². The van der Waals surface area contributed by atoms with E-state index in [1.54, 1.807) is 12.1 Å². The number of carboxylic acid groups (broad SMARTS) is 1. The van der Waals surface area contributed by atoms with E-state index in [0.717, 1.165) is 5.56 Å². The minimum Gasteiger partial charge on any atom is -0.478 e. The molecule has 0 bridgehead atoms. The molecule has 0 saturated heterocycles. The zero-order chi connectivity index (χ0) is 13.9. The minimum absolute atomic E-state index is 0.192. The first-order chi connectivity index (χ1) is 9.75. The lowest BCUT2D eigenvalue weighted by atomic mass is 10.2. The molecule has 6 heteroatoms. The van der Waals surface area contributed by atoms with Gasteiger partial charge in [-0.05, 0) is 28.6 Å². The van der Waals surface area contributed by atoms with Gasteiger partial charge in [0.1, 0.15) is 0 Å². The monoisotopic (exact) mass is 266 g/mol. The molecule has 0 spiro atoms. The van der Waals surface area contributed by atoms with Gasteiger partial charge in [0.25, 0.3) is 0 Å². The number of carboxylic acids is 1. The Kier molecular flexibility index (Phi) is 2.96. The molecular formula is C14H10N4O2. The van der Waals surface area contributed by atoms with Crippen LogP contribution < -0.4 is 0 Å². The number of rotatable bonds is 3. The molecule has 0 saturated carbocycles. The first kappa shape index (κ1) is 12.0. The second kappa shape index (κ2) is 4.93. The lowest BCUT2D eigenvalue weighted by molar-refractivity contribution is 0.0697. The maximum absolute atomic E-state index is 11.0. The van der Waals surface area contributed by atoms with Crippen LogP contribution in [0.3, 0.4) is 0 Å². The highest BCUT2D eigenvalue weighted by molar-refractivity contribution is 5.88. The summed E-state index contributed by atoms with van der Waals surface area (Å²) in [4.78, 5) is 11.0. The van der Waals surface area contributed by atoms with Gasteiger partial charge in [-0.3, -0.25) is 0 Å². The Morgan fingerprint density at radius 2 is 1.85 bits per heavy atom. The van der Waals surface area contributed by atoms with E-state index in [1.165, 1.54) is 16.8 Å². The van der Waals surface area contributed by atoms with Crippen LogP contribution in [-0.2, 0) is 0 Å². The van der Waals surface area contributed by atoms with Gasteiger partial charge in [0.15, 0.2) is 5.82 Å². The second-order valence-corrected chi connectivity index (χ2v) is 4.14. The standard InChI is InChI=1S/C14H10N4O2/c19-14(20)11-7-4-8-12(9-11)18-13(15-16-17-18)10-5-2-1-3-6-10/h1-9H,(H,19,20). The molecule has 1 aromatic heterocycles. The van der Waals surface area contributed by atoms with Crippen LogP contribution >= 0.6 is 0 Å². The van der Waals surface area contributed by atoms with Crippen LogP contribution in [0.1, 0.15) is 10.4 Å². The summed E-state index contributed by atoms with van der Waals surface area (Å²) < 4.78 is 1.52. The van der Waals surface area contributed by atoms with Crippen molar-refractivity contribution in [3.05, 3.63) is 60.2 Å². The Balaban J connectivity index is 2.10. The molecule has 0 unspecified atom stereocenters. The van der Waals surface area contributed by atoms with Crippen molar-refractivity contribution in [2.75, 3.05) is 0 Å². The number of hydrogen-bond donors (Lipinski definition) is 1. The third-order valence-electron chi connectivity index (χ3n) is 2.84. The molecule has 0 aliphatic heterocycles. The lowest BCUT2D eigenvalue weighted by Gasteiger charge is -2.05. The van der Waals surface area contributed by atoms with Gasteiger partial charge in [-0.2, -0.15) is 4.68 Å². The van der Waals surface area contributed by atoms with Crippen LogP contribution in [0.4, 0.5) is 0 Å². The molecule has 3 rings (SSSR count). The van der Waals surface area contributed by atoms with Gasteiger partial charge in [-0.1, -0.05) is 36.4 Å². The van der Waals surface area contributed by atoms with E-state index >= 15 is 0 Å². The largest absolute Gasteiger partial charge is 0.478 e. The van der Waals surface area contributed by atoms with Gasteiger partial charge in [0.2, 0.25) is 0 Å². The molecule has 2 aromatic carbocycles. The lowest BCUT2D eigenvalue weighted by Crippen LogP contribution is -2.03. The average Bonchev–Trinajstić information content (AvgIpc) is 2.98. The Morgan fingerprint density at radius 3 is 2.60 bits per heavy atom. The van der Waals surface area contributed by atoms with Crippen LogP contribution in [0.25, 0.3) is 17.1 Å². The number of carbonyl (C=O) groups is 1. The summed E-state index contributed by atoms with van der Waals surface area (Å²) in [7, 11) is 0. The molecule has 0 atom stereocenters. The number of aromatic nitrogens is 4. The molecule has 0 fully saturated rings. The maximum Gasteiger partial charge on any atom is 0.335 e. The van der Waals surface area contributed by atoms with E-state index < -0.39 is 5.97 Å². The number of nitrogens with zero attached hydrogens (tertiary/aromatic N) is 4. The molecule has 6 nitrogen and oxygen atoms in total. The van der Waals surface area contributed by atoms with Crippen molar-refractivity contribution < 1.29 is 9.90 Å². The van der Waals surface area contributed by atoms with Crippen LogP contribution in [0, 0.1) is 0 Å². The summed E-state index contributed by atoms with van der Waals surface area (Å²) in [6, 6.07) is 16.0. The SMILES string of the molecule is O=C(O)c1cccc(-n2nnnc2-c2ccccc2)c1. The predicted octanol–water partition coefficient (Wildman–Crippen LogP) is 2.03. The molecule has 0 aliphatic carbocycles. The maximum atomic E-state index is 11.0. The third-order valence-corrected chi connectivity index (χ3v) is 2.84. The first-order valence-corrected chi connectivity index (χ1v) is 5.93. The zero-order valence-corrected chi connectivity index (χ0v) is 10.3. The van der Waals surface area contributed by atoms with Crippen LogP contribution in [-0.4, -0.2) is 31.3 Å². The fraction of sp³-hybridized carbons (Fsp3) is 0. The summed E-state index contributed by atoms with van der Waals surface area (Å²) in [6.45, 7) is 0. The summed E-state index contributed by atoms with van der Waals surface area (Å²) in [5, 5.41) is 20.6. The molecule has 3 aromatic rings. The van der Waals surface area contributed by atoms with Crippen molar-refractivity contribution in [1.82, 2.24) is 20.2 Å². The Hall–Kier alpha value is -3.02. The molecule has 0 radical (unpaired) electrons. The highest BCUT2D eigenvalue weighted by Crippen LogP contribution is 2.19. The molecule has 20 heavy (non-hydrogen) atoms. The van der Waals surface area contributed by atoms with Crippen molar-refractivity contribution >= 4 is 5.97 Å². The Labute approximate surface area is 114 Å². The molecule has 1 heterocycles. The topological polar surface area (TPSA) is 80.9 Å². The highest BCUT2D eigenvalue weighted by Gasteiger charge is 2.12. The summed E-state index contributed by atoms with van der Waals surface area (Å²) in [6.07, 6.45) is 0. The normalized spacial score (nSPS) is 10.4. The van der Waals surface area contributed by atoms with E-state index in [0.29, 0.717) is 11.5 Å². The number of tetrazole rings is 1. The van der Waals surface area contributed by atoms with E-state index in [2.05, 4.69) is 15.5 Å².